The minimum atomic E-state index is -0.515. The Balaban J connectivity index is 1.82. The predicted octanol–water partition coefficient (Wildman–Crippen LogP) is 2.02. The molecule has 0 fully saturated rings. The lowest BCUT2D eigenvalue weighted by Crippen LogP contribution is -2.18. The lowest BCUT2D eigenvalue weighted by atomic mass is 10.2. The van der Waals surface area contributed by atoms with E-state index in [4.69, 9.17) is 0 Å². The maximum Gasteiger partial charge on any atom is 0.130 e. The molecule has 2 rings (SSSR count). The topological polar surface area (TPSA) is 40.7 Å². The molecular weight excluding hydrogens is 224 g/mol. The first kappa shape index (κ1) is 11.7. The van der Waals surface area contributed by atoms with Crippen molar-refractivity contribution in [2.24, 2.45) is 0 Å². The van der Waals surface area contributed by atoms with Crippen LogP contribution in [0.4, 0.5) is 8.78 Å². The number of rotatable bonds is 5. The largest absolute Gasteiger partial charge is 0.348 e. The minimum absolute atomic E-state index is 0.0807. The zero-order chi connectivity index (χ0) is 12.1. The Morgan fingerprint density at radius 3 is 2.65 bits per heavy atom. The van der Waals surface area contributed by atoms with Gasteiger partial charge in [0.1, 0.15) is 11.6 Å². The molecule has 0 amide bonds. The molecule has 0 aliphatic rings. The number of imidazole rings is 1. The van der Waals surface area contributed by atoms with Crippen molar-refractivity contribution in [3.8, 4) is 0 Å². The summed E-state index contributed by atoms with van der Waals surface area (Å²) in [5.74, 6) is -1.03. The molecule has 2 N–H and O–H groups in total. The van der Waals surface area contributed by atoms with Crippen LogP contribution in [0.1, 0.15) is 11.3 Å². The number of H-pyrrole nitrogens is 1. The summed E-state index contributed by atoms with van der Waals surface area (Å²) in [6, 6.07) is 3.88. The third kappa shape index (κ3) is 3.10. The predicted molar refractivity (Wildman–Crippen MR) is 60.4 cm³/mol. The molecule has 0 saturated heterocycles. The summed E-state index contributed by atoms with van der Waals surface area (Å²) in [5.41, 5.74) is 1.07. The number of aromatic amines is 1. The fraction of sp³-hybridized carbons (Fsp3) is 0.250. The van der Waals surface area contributed by atoms with Gasteiger partial charge >= 0.3 is 0 Å². The van der Waals surface area contributed by atoms with Crippen LogP contribution in [0.2, 0.25) is 0 Å². The number of nitrogens with zero attached hydrogens (tertiary/aromatic N) is 1. The van der Waals surface area contributed by atoms with Crippen LogP contribution in [-0.2, 0) is 13.0 Å². The van der Waals surface area contributed by atoms with Gasteiger partial charge in [0, 0.05) is 37.0 Å². The van der Waals surface area contributed by atoms with Gasteiger partial charge in [-0.2, -0.15) is 0 Å². The Bertz CT molecular complexity index is 448. The number of benzene rings is 1. The number of hydrogen-bond acceptors (Lipinski definition) is 2. The van der Waals surface area contributed by atoms with Gasteiger partial charge < -0.3 is 10.3 Å². The van der Waals surface area contributed by atoms with Gasteiger partial charge in [-0.05, 0) is 12.1 Å². The van der Waals surface area contributed by atoms with E-state index in [2.05, 4.69) is 15.3 Å². The maximum absolute atomic E-state index is 13.3. The van der Waals surface area contributed by atoms with Crippen molar-refractivity contribution >= 4 is 0 Å². The Morgan fingerprint density at radius 1 is 1.24 bits per heavy atom. The monoisotopic (exact) mass is 237 g/mol. The molecule has 5 heteroatoms. The Labute approximate surface area is 97.9 Å². The summed E-state index contributed by atoms with van der Waals surface area (Å²) >= 11 is 0. The molecule has 1 aromatic heterocycles. The molecule has 17 heavy (non-hydrogen) atoms. The molecule has 0 spiro atoms. The Kier molecular flexibility index (Phi) is 3.82. The van der Waals surface area contributed by atoms with E-state index in [0.717, 1.165) is 12.1 Å². The van der Waals surface area contributed by atoms with Crippen LogP contribution >= 0.6 is 0 Å². The second-order valence-electron chi connectivity index (χ2n) is 3.70. The number of halogens is 2. The molecule has 0 bridgehead atoms. The second kappa shape index (κ2) is 5.54. The lowest BCUT2D eigenvalue weighted by Gasteiger charge is -2.06. The minimum Gasteiger partial charge on any atom is -0.348 e. The number of aromatic nitrogens is 2. The van der Waals surface area contributed by atoms with Crippen LogP contribution in [0.3, 0.4) is 0 Å². The van der Waals surface area contributed by atoms with E-state index in [1.54, 1.807) is 12.5 Å². The van der Waals surface area contributed by atoms with Crippen molar-refractivity contribution in [1.82, 2.24) is 15.3 Å². The SMILES string of the molecule is Fc1cccc(F)c1CNCCc1cnc[nH]1. The molecule has 0 radical (unpaired) electrons. The number of nitrogens with one attached hydrogen (secondary N) is 2. The molecule has 0 unspecified atom stereocenters. The molecule has 1 heterocycles. The van der Waals surface area contributed by atoms with Gasteiger partial charge in [0.15, 0.2) is 0 Å². The Morgan fingerprint density at radius 2 is 2.00 bits per heavy atom. The van der Waals surface area contributed by atoms with Gasteiger partial charge in [-0.3, -0.25) is 0 Å². The summed E-state index contributed by atoms with van der Waals surface area (Å²) in [4.78, 5) is 6.84. The quantitative estimate of drug-likeness (QED) is 0.781. The first-order chi connectivity index (χ1) is 8.27. The van der Waals surface area contributed by atoms with Crippen molar-refractivity contribution in [1.29, 1.82) is 0 Å². The van der Waals surface area contributed by atoms with Gasteiger partial charge in [-0.1, -0.05) is 6.07 Å². The average Bonchev–Trinajstić information content (AvgIpc) is 2.80. The van der Waals surface area contributed by atoms with E-state index in [-0.39, 0.29) is 12.1 Å². The summed E-state index contributed by atoms with van der Waals surface area (Å²) in [5, 5.41) is 2.99. The first-order valence-electron chi connectivity index (χ1n) is 5.38. The molecule has 0 atom stereocenters. The molecule has 0 saturated carbocycles. The van der Waals surface area contributed by atoms with Crippen molar-refractivity contribution in [2.45, 2.75) is 13.0 Å². The zero-order valence-corrected chi connectivity index (χ0v) is 9.21. The summed E-state index contributed by atoms with van der Waals surface area (Å²) < 4.78 is 26.5. The van der Waals surface area contributed by atoms with Gasteiger partial charge in [0.2, 0.25) is 0 Å². The molecule has 1 aromatic carbocycles. The fourth-order valence-corrected chi connectivity index (χ4v) is 1.56. The van der Waals surface area contributed by atoms with E-state index < -0.39 is 11.6 Å². The highest BCUT2D eigenvalue weighted by Crippen LogP contribution is 2.11. The lowest BCUT2D eigenvalue weighted by molar-refractivity contribution is 0.536. The second-order valence-corrected chi connectivity index (χ2v) is 3.70. The molecule has 0 aliphatic heterocycles. The maximum atomic E-state index is 13.3. The van der Waals surface area contributed by atoms with E-state index in [9.17, 15) is 8.78 Å². The third-order valence-electron chi connectivity index (χ3n) is 2.49. The van der Waals surface area contributed by atoms with Crippen LogP contribution in [-0.4, -0.2) is 16.5 Å². The number of hydrogen-bond donors (Lipinski definition) is 2. The summed E-state index contributed by atoms with van der Waals surface area (Å²) in [7, 11) is 0. The smallest absolute Gasteiger partial charge is 0.130 e. The van der Waals surface area contributed by atoms with Crippen molar-refractivity contribution in [3.63, 3.8) is 0 Å². The normalized spacial score (nSPS) is 10.7. The van der Waals surface area contributed by atoms with Crippen LogP contribution in [0.25, 0.3) is 0 Å². The van der Waals surface area contributed by atoms with Crippen molar-refractivity contribution in [2.75, 3.05) is 6.54 Å². The van der Waals surface area contributed by atoms with Crippen LogP contribution in [0, 0.1) is 11.6 Å². The molecule has 3 nitrogen and oxygen atoms in total. The highest BCUT2D eigenvalue weighted by Gasteiger charge is 2.07. The molecule has 2 aromatic rings. The average molecular weight is 237 g/mol. The van der Waals surface area contributed by atoms with Crippen LogP contribution < -0.4 is 5.32 Å². The van der Waals surface area contributed by atoms with E-state index in [1.807, 2.05) is 0 Å². The van der Waals surface area contributed by atoms with Gasteiger partial charge in [0.05, 0.1) is 6.33 Å². The van der Waals surface area contributed by atoms with E-state index in [0.29, 0.717) is 6.54 Å². The third-order valence-corrected chi connectivity index (χ3v) is 2.49. The molecular formula is C12H13F2N3. The van der Waals surface area contributed by atoms with Gasteiger partial charge in [-0.25, -0.2) is 13.8 Å². The van der Waals surface area contributed by atoms with Crippen LogP contribution in [0.15, 0.2) is 30.7 Å². The standard InChI is InChI=1S/C12H13F2N3/c13-11-2-1-3-12(14)10(11)7-15-5-4-9-6-16-8-17-9/h1-3,6,8,15H,4-5,7H2,(H,16,17). The molecule has 90 valence electrons. The van der Waals surface area contributed by atoms with Crippen molar-refractivity contribution in [3.05, 3.63) is 53.6 Å². The Hall–Kier alpha value is -1.75. The van der Waals surface area contributed by atoms with E-state index in [1.165, 1.54) is 18.2 Å². The van der Waals surface area contributed by atoms with E-state index >= 15 is 0 Å². The summed E-state index contributed by atoms with van der Waals surface area (Å²) in [6.45, 7) is 0.822. The summed E-state index contributed by atoms with van der Waals surface area (Å²) in [6.07, 6.45) is 4.08. The van der Waals surface area contributed by atoms with Crippen LogP contribution in [0.5, 0.6) is 0 Å². The fourth-order valence-electron chi connectivity index (χ4n) is 1.56. The van der Waals surface area contributed by atoms with Gasteiger partial charge in [-0.15, -0.1) is 0 Å². The van der Waals surface area contributed by atoms with Gasteiger partial charge in [0.25, 0.3) is 0 Å². The van der Waals surface area contributed by atoms with Crippen molar-refractivity contribution < 1.29 is 8.78 Å². The highest BCUT2D eigenvalue weighted by molar-refractivity contribution is 5.19. The first-order valence-corrected chi connectivity index (χ1v) is 5.38. The highest BCUT2D eigenvalue weighted by atomic mass is 19.1. The zero-order valence-electron chi connectivity index (χ0n) is 9.21. The molecule has 0 aliphatic carbocycles.